The molecule has 0 aromatic heterocycles. The van der Waals surface area contributed by atoms with Crippen molar-refractivity contribution < 1.29 is 9.90 Å². The van der Waals surface area contributed by atoms with Crippen LogP contribution < -0.4 is 0 Å². The lowest BCUT2D eigenvalue weighted by atomic mass is 9.99. The molecular weight excluding hydrogens is 290 g/mol. The number of carboxylic acid groups (broad SMARTS) is 1. The van der Waals surface area contributed by atoms with Gasteiger partial charge in [-0.3, -0.25) is 14.6 Å². The quantitative estimate of drug-likeness (QED) is 0.908. The number of benzene rings is 1. The van der Waals surface area contributed by atoms with Crippen LogP contribution >= 0.6 is 0 Å². The Kier molecular flexibility index (Phi) is 5.30. The van der Waals surface area contributed by atoms with Crippen molar-refractivity contribution in [3.8, 4) is 0 Å². The van der Waals surface area contributed by atoms with Crippen LogP contribution in [0.5, 0.6) is 0 Å². The van der Waals surface area contributed by atoms with E-state index in [0.717, 1.165) is 45.6 Å². The summed E-state index contributed by atoms with van der Waals surface area (Å²) < 4.78 is 0. The van der Waals surface area contributed by atoms with Crippen LogP contribution in [-0.4, -0.2) is 77.6 Å². The predicted molar refractivity (Wildman–Crippen MR) is 90.4 cm³/mol. The number of piperazine rings is 1. The molecule has 2 aliphatic heterocycles. The summed E-state index contributed by atoms with van der Waals surface area (Å²) in [7, 11) is 2.01. The standard InChI is InChI=1S/C18H27N3O2/c1-19-11-12-21(17(14-19)18(22)23)16-7-9-20(10-8-16)13-15-5-3-2-4-6-15/h2-6,16-17H,7-14H2,1H3,(H,22,23). The van der Waals surface area contributed by atoms with Gasteiger partial charge < -0.3 is 10.0 Å². The maximum Gasteiger partial charge on any atom is 0.322 e. The lowest BCUT2D eigenvalue weighted by molar-refractivity contribution is -0.147. The topological polar surface area (TPSA) is 47.0 Å². The average Bonchev–Trinajstić information content (AvgIpc) is 2.56. The summed E-state index contributed by atoms with van der Waals surface area (Å²) in [5.74, 6) is -0.678. The maximum atomic E-state index is 11.6. The van der Waals surface area contributed by atoms with Gasteiger partial charge in [0.05, 0.1) is 0 Å². The molecular formula is C18H27N3O2. The van der Waals surface area contributed by atoms with Gasteiger partial charge in [-0.1, -0.05) is 30.3 Å². The van der Waals surface area contributed by atoms with E-state index < -0.39 is 5.97 Å². The summed E-state index contributed by atoms with van der Waals surface area (Å²) in [6.07, 6.45) is 2.14. The zero-order valence-corrected chi connectivity index (χ0v) is 13.9. The third-order valence-electron chi connectivity index (χ3n) is 5.19. The Balaban J connectivity index is 1.54. The summed E-state index contributed by atoms with van der Waals surface area (Å²) in [6.45, 7) is 5.58. The summed E-state index contributed by atoms with van der Waals surface area (Å²) in [5, 5.41) is 9.53. The normalized spacial score (nSPS) is 25.5. The molecule has 0 bridgehead atoms. The van der Waals surface area contributed by atoms with Crippen LogP contribution in [0.2, 0.25) is 0 Å². The van der Waals surface area contributed by atoms with Crippen LogP contribution in [0.1, 0.15) is 18.4 Å². The number of carbonyl (C=O) groups is 1. The van der Waals surface area contributed by atoms with Crippen molar-refractivity contribution in [2.75, 3.05) is 39.8 Å². The second-order valence-electron chi connectivity index (χ2n) is 6.85. The zero-order valence-electron chi connectivity index (χ0n) is 13.9. The molecule has 1 atom stereocenters. The second-order valence-corrected chi connectivity index (χ2v) is 6.85. The summed E-state index contributed by atoms with van der Waals surface area (Å²) >= 11 is 0. The SMILES string of the molecule is CN1CCN(C2CCN(Cc3ccccc3)CC2)C(C(=O)O)C1. The number of carboxylic acids is 1. The van der Waals surface area contributed by atoms with E-state index in [0.29, 0.717) is 12.6 Å². The monoisotopic (exact) mass is 317 g/mol. The molecule has 2 fully saturated rings. The number of hydrogen-bond donors (Lipinski definition) is 1. The smallest absolute Gasteiger partial charge is 0.322 e. The fourth-order valence-corrected chi connectivity index (χ4v) is 3.84. The van der Waals surface area contributed by atoms with Gasteiger partial charge in [0.15, 0.2) is 0 Å². The Bertz CT molecular complexity index is 514. The van der Waals surface area contributed by atoms with Crippen LogP contribution in [-0.2, 0) is 11.3 Å². The molecule has 1 aromatic rings. The molecule has 5 heteroatoms. The summed E-state index contributed by atoms with van der Waals surface area (Å²) in [4.78, 5) is 18.4. The van der Waals surface area contributed by atoms with Crippen molar-refractivity contribution in [2.45, 2.75) is 31.5 Å². The molecule has 0 saturated carbocycles. The number of aliphatic carboxylic acids is 1. The summed E-state index contributed by atoms with van der Waals surface area (Å²) in [5.41, 5.74) is 1.36. The Morgan fingerprint density at radius 1 is 1.13 bits per heavy atom. The molecule has 3 rings (SSSR count). The molecule has 23 heavy (non-hydrogen) atoms. The first-order valence-corrected chi connectivity index (χ1v) is 8.57. The highest BCUT2D eigenvalue weighted by molar-refractivity contribution is 5.74. The van der Waals surface area contributed by atoms with Crippen molar-refractivity contribution >= 4 is 5.97 Å². The summed E-state index contributed by atoms with van der Waals surface area (Å²) in [6, 6.07) is 10.6. The molecule has 1 N–H and O–H groups in total. The van der Waals surface area contributed by atoms with Gasteiger partial charge in [0.2, 0.25) is 0 Å². The fourth-order valence-electron chi connectivity index (χ4n) is 3.84. The first kappa shape index (κ1) is 16.4. The molecule has 5 nitrogen and oxygen atoms in total. The molecule has 1 aromatic carbocycles. The van der Waals surface area contributed by atoms with Crippen molar-refractivity contribution in [1.29, 1.82) is 0 Å². The van der Waals surface area contributed by atoms with Gasteiger partial charge in [0, 0.05) is 32.2 Å². The molecule has 1 unspecified atom stereocenters. The minimum atomic E-state index is -0.678. The van der Waals surface area contributed by atoms with Gasteiger partial charge in [-0.25, -0.2) is 0 Å². The molecule has 0 spiro atoms. The molecule has 0 aliphatic carbocycles. The van der Waals surface area contributed by atoms with Crippen molar-refractivity contribution in [2.24, 2.45) is 0 Å². The number of likely N-dealkylation sites (N-methyl/N-ethyl adjacent to an activating group) is 1. The first-order valence-electron chi connectivity index (χ1n) is 8.57. The van der Waals surface area contributed by atoms with Gasteiger partial charge >= 0.3 is 5.97 Å². The van der Waals surface area contributed by atoms with Crippen molar-refractivity contribution in [3.05, 3.63) is 35.9 Å². The van der Waals surface area contributed by atoms with Gasteiger partial charge in [-0.15, -0.1) is 0 Å². The number of hydrogen-bond acceptors (Lipinski definition) is 4. The van der Waals surface area contributed by atoms with Gasteiger partial charge in [0.1, 0.15) is 6.04 Å². The van der Waals surface area contributed by atoms with Gasteiger partial charge in [-0.2, -0.15) is 0 Å². The highest BCUT2D eigenvalue weighted by atomic mass is 16.4. The Morgan fingerprint density at radius 3 is 2.48 bits per heavy atom. The van der Waals surface area contributed by atoms with E-state index in [1.165, 1.54) is 5.56 Å². The van der Waals surface area contributed by atoms with Crippen molar-refractivity contribution in [1.82, 2.24) is 14.7 Å². The Labute approximate surface area is 138 Å². The van der Waals surface area contributed by atoms with E-state index in [4.69, 9.17) is 0 Å². The molecule has 2 aliphatic rings. The van der Waals surface area contributed by atoms with E-state index in [1.807, 2.05) is 7.05 Å². The van der Waals surface area contributed by atoms with Gasteiger partial charge in [-0.05, 0) is 38.5 Å². The highest BCUT2D eigenvalue weighted by Crippen LogP contribution is 2.22. The Morgan fingerprint density at radius 2 is 1.83 bits per heavy atom. The van der Waals surface area contributed by atoms with Crippen LogP contribution in [0.4, 0.5) is 0 Å². The van der Waals surface area contributed by atoms with E-state index in [1.54, 1.807) is 0 Å². The minimum absolute atomic E-state index is 0.348. The zero-order chi connectivity index (χ0) is 16.2. The molecule has 0 amide bonds. The largest absolute Gasteiger partial charge is 0.480 e. The van der Waals surface area contributed by atoms with Crippen LogP contribution in [0, 0.1) is 0 Å². The van der Waals surface area contributed by atoms with Crippen LogP contribution in [0.3, 0.4) is 0 Å². The van der Waals surface area contributed by atoms with Crippen LogP contribution in [0.15, 0.2) is 30.3 Å². The van der Waals surface area contributed by atoms with Crippen LogP contribution in [0.25, 0.3) is 0 Å². The number of nitrogens with zero attached hydrogens (tertiary/aromatic N) is 3. The Hall–Kier alpha value is -1.43. The maximum absolute atomic E-state index is 11.6. The third-order valence-corrected chi connectivity index (χ3v) is 5.19. The van der Waals surface area contributed by atoms with E-state index in [2.05, 4.69) is 45.0 Å². The predicted octanol–water partition coefficient (Wildman–Crippen LogP) is 1.35. The molecule has 2 heterocycles. The number of likely N-dealkylation sites (tertiary alicyclic amines) is 1. The lowest BCUT2D eigenvalue weighted by Crippen LogP contribution is -2.60. The van der Waals surface area contributed by atoms with E-state index in [-0.39, 0.29) is 6.04 Å². The van der Waals surface area contributed by atoms with E-state index >= 15 is 0 Å². The molecule has 2 saturated heterocycles. The highest BCUT2D eigenvalue weighted by Gasteiger charge is 2.36. The molecule has 0 radical (unpaired) electrons. The fraction of sp³-hybridized carbons (Fsp3) is 0.611. The minimum Gasteiger partial charge on any atom is -0.480 e. The number of piperidine rings is 1. The first-order chi connectivity index (χ1) is 11.1. The third kappa shape index (κ3) is 4.10. The molecule has 126 valence electrons. The second kappa shape index (κ2) is 7.43. The average molecular weight is 317 g/mol. The number of rotatable bonds is 4. The van der Waals surface area contributed by atoms with Gasteiger partial charge in [0.25, 0.3) is 0 Å². The van der Waals surface area contributed by atoms with E-state index in [9.17, 15) is 9.90 Å². The lowest BCUT2D eigenvalue weighted by Gasteiger charge is -2.45. The van der Waals surface area contributed by atoms with Crippen molar-refractivity contribution in [3.63, 3.8) is 0 Å².